The molecular weight excluding hydrogens is 570 g/mol. The average Bonchev–Trinajstić information content (AvgIpc) is 3.23. The summed E-state index contributed by atoms with van der Waals surface area (Å²) in [4.78, 5) is 37.6. The number of hydrogen-bond donors (Lipinski definition) is 3. The third-order valence-electron chi connectivity index (χ3n) is 9.09. The Hall–Kier alpha value is -4.79. The fraction of sp³-hybridized carbons (Fsp3) is 0.361. The highest BCUT2D eigenvalue weighted by Crippen LogP contribution is 2.47. The van der Waals surface area contributed by atoms with Gasteiger partial charge in [-0.2, -0.15) is 0 Å². The molecule has 1 atom stereocenters. The lowest BCUT2D eigenvalue weighted by Gasteiger charge is -2.26. The largest absolute Gasteiger partial charge is 0.497 e. The number of carbonyl (C=O) groups is 3. The number of carboxylic acids is 1. The monoisotopic (exact) mass is 609 g/mol. The quantitative estimate of drug-likeness (QED) is 0.209. The molecule has 1 aliphatic heterocycles. The van der Waals surface area contributed by atoms with Crippen LogP contribution in [0.15, 0.2) is 60.7 Å². The van der Waals surface area contributed by atoms with Crippen molar-refractivity contribution in [3.05, 3.63) is 77.4 Å². The number of methoxy groups -OCH3 is 1. The SMILES string of the molecule is COc1ccc2c(c1)OCCn1c-2c(C2CCCCC2)c2ccc(C(=O)N[C@@](C)(Cc3ccc(NC(C)=O)cc3)C(=O)O)cc21. The lowest BCUT2D eigenvalue weighted by atomic mass is 9.81. The summed E-state index contributed by atoms with van der Waals surface area (Å²) in [7, 11) is 1.65. The summed E-state index contributed by atoms with van der Waals surface area (Å²) in [6, 6.07) is 18.6. The van der Waals surface area contributed by atoms with Gasteiger partial charge in [0.15, 0.2) is 0 Å². The van der Waals surface area contributed by atoms with Crippen molar-refractivity contribution in [3.8, 4) is 22.8 Å². The number of ether oxygens (including phenoxy) is 2. The first-order valence-electron chi connectivity index (χ1n) is 15.6. The first kappa shape index (κ1) is 30.2. The van der Waals surface area contributed by atoms with E-state index in [-0.39, 0.29) is 12.3 Å². The molecule has 6 rings (SSSR count). The fourth-order valence-corrected chi connectivity index (χ4v) is 6.85. The number of amides is 2. The van der Waals surface area contributed by atoms with Crippen molar-refractivity contribution < 1.29 is 29.0 Å². The summed E-state index contributed by atoms with van der Waals surface area (Å²) in [5.41, 5.74) is 4.55. The predicted octanol–water partition coefficient (Wildman–Crippen LogP) is 6.53. The van der Waals surface area contributed by atoms with Crippen LogP contribution < -0.4 is 20.1 Å². The summed E-state index contributed by atoms with van der Waals surface area (Å²) in [5.74, 6) is 0.141. The van der Waals surface area contributed by atoms with Crippen LogP contribution >= 0.6 is 0 Å². The van der Waals surface area contributed by atoms with Gasteiger partial charge in [0.2, 0.25) is 5.91 Å². The highest BCUT2D eigenvalue weighted by atomic mass is 16.5. The van der Waals surface area contributed by atoms with E-state index < -0.39 is 17.4 Å². The van der Waals surface area contributed by atoms with Crippen molar-refractivity contribution in [2.24, 2.45) is 0 Å². The lowest BCUT2D eigenvalue weighted by molar-refractivity contribution is -0.143. The topological polar surface area (TPSA) is 119 Å². The number of rotatable bonds is 8. The summed E-state index contributed by atoms with van der Waals surface area (Å²) < 4.78 is 14.0. The number of benzene rings is 3. The van der Waals surface area contributed by atoms with Crippen molar-refractivity contribution in [2.45, 2.75) is 70.4 Å². The molecule has 1 aliphatic carbocycles. The highest BCUT2D eigenvalue weighted by molar-refractivity contribution is 6.03. The molecule has 0 saturated heterocycles. The summed E-state index contributed by atoms with van der Waals surface area (Å²) in [6.07, 6.45) is 5.92. The van der Waals surface area contributed by atoms with Gasteiger partial charge in [-0.05, 0) is 73.2 Å². The number of nitrogens with zero attached hydrogens (tertiary/aromatic N) is 1. The van der Waals surface area contributed by atoms with E-state index in [2.05, 4.69) is 21.3 Å². The molecule has 2 amide bonds. The third-order valence-corrected chi connectivity index (χ3v) is 9.09. The van der Waals surface area contributed by atoms with E-state index in [1.807, 2.05) is 24.3 Å². The van der Waals surface area contributed by atoms with Crippen molar-refractivity contribution >= 4 is 34.4 Å². The average molecular weight is 610 g/mol. The minimum Gasteiger partial charge on any atom is -0.497 e. The molecule has 1 saturated carbocycles. The van der Waals surface area contributed by atoms with Crippen LogP contribution in [0, 0.1) is 0 Å². The van der Waals surface area contributed by atoms with Gasteiger partial charge in [0.1, 0.15) is 23.6 Å². The minimum atomic E-state index is -1.56. The van der Waals surface area contributed by atoms with Gasteiger partial charge in [-0.25, -0.2) is 4.79 Å². The minimum absolute atomic E-state index is 0.0700. The van der Waals surface area contributed by atoms with E-state index in [0.717, 1.165) is 46.5 Å². The highest BCUT2D eigenvalue weighted by Gasteiger charge is 2.36. The molecule has 0 radical (unpaired) electrons. The normalized spacial score (nSPS) is 16.0. The molecule has 0 unspecified atom stereocenters. The zero-order valence-corrected chi connectivity index (χ0v) is 25.9. The van der Waals surface area contributed by atoms with E-state index in [1.54, 1.807) is 37.4 Å². The second-order valence-corrected chi connectivity index (χ2v) is 12.3. The molecule has 9 heteroatoms. The molecule has 2 heterocycles. The molecular formula is C36H39N3O6. The van der Waals surface area contributed by atoms with Gasteiger partial charge in [-0.1, -0.05) is 37.5 Å². The Kier molecular flexibility index (Phi) is 8.27. The van der Waals surface area contributed by atoms with Gasteiger partial charge in [-0.15, -0.1) is 0 Å². The van der Waals surface area contributed by atoms with Crippen LogP contribution in [-0.4, -0.2) is 46.7 Å². The van der Waals surface area contributed by atoms with E-state index in [4.69, 9.17) is 9.47 Å². The zero-order chi connectivity index (χ0) is 31.7. The number of aromatic nitrogens is 1. The molecule has 1 aromatic heterocycles. The number of nitrogens with one attached hydrogen (secondary N) is 2. The summed E-state index contributed by atoms with van der Waals surface area (Å²) in [5, 5.41) is 16.8. The number of hydrogen-bond acceptors (Lipinski definition) is 5. The number of anilines is 1. The number of carboxylic acid groups (broad SMARTS) is 1. The first-order valence-corrected chi connectivity index (χ1v) is 15.6. The Balaban J connectivity index is 1.37. The zero-order valence-electron chi connectivity index (χ0n) is 25.9. The Morgan fingerprint density at radius 2 is 1.78 bits per heavy atom. The van der Waals surface area contributed by atoms with Crippen molar-refractivity contribution in [1.82, 2.24) is 9.88 Å². The molecule has 0 bridgehead atoms. The summed E-state index contributed by atoms with van der Waals surface area (Å²) in [6.45, 7) is 4.02. The predicted molar refractivity (Wildman–Crippen MR) is 173 cm³/mol. The Morgan fingerprint density at radius 1 is 1.02 bits per heavy atom. The van der Waals surface area contributed by atoms with Crippen LogP contribution in [0.2, 0.25) is 0 Å². The van der Waals surface area contributed by atoms with E-state index in [9.17, 15) is 19.5 Å². The maximum Gasteiger partial charge on any atom is 0.329 e. The first-order chi connectivity index (χ1) is 21.7. The standard InChI is InChI=1S/C36H39N3O6/c1-22(40)37-26-12-9-23(10-13-26)21-36(2,35(42)43)38-34(41)25-11-15-28-30(19-25)39-17-18-45-31-20-27(44-3)14-16-29(31)33(39)32(28)24-7-5-4-6-8-24/h9-16,19-20,24H,4-8,17-18,21H2,1-3H3,(H,37,40)(H,38,41)(H,42,43)/t36-/m0/s1. The molecule has 4 aromatic rings. The van der Waals surface area contributed by atoms with Crippen LogP contribution in [0.3, 0.4) is 0 Å². The van der Waals surface area contributed by atoms with Crippen LogP contribution in [0.4, 0.5) is 5.69 Å². The van der Waals surface area contributed by atoms with Crippen LogP contribution in [-0.2, 0) is 22.6 Å². The van der Waals surface area contributed by atoms with Gasteiger partial charge in [0.05, 0.1) is 19.3 Å². The lowest BCUT2D eigenvalue weighted by Crippen LogP contribution is -2.53. The number of aliphatic carboxylic acids is 1. The van der Waals surface area contributed by atoms with Gasteiger partial charge in [0.25, 0.3) is 5.91 Å². The van der Waals surface area contributed by atoms with Crippen LogP contribution in [0.25, 0.3) is 22.2 Å². The van der Waals surface area contributed by atoms with E-state index >= 15 is 0 Å². The van der Waals surface area contributed by atoms with Gasteiger partial charge in [0, 0.05) is 47.1 Å². The maximum atomic E-state index is 13.7. The van der Waals surface area contributed by atoms with Crippen molar-refractivity contribution in [3.63, 3.8) is 0 Å². The molecule has 45 heavy (non-hydrogen) atoms. The van der Waals surface area contributed by atoms with Gasteiger partial charge in [-0.3, -0.25) is 9.59 Å². The molecule has 3 aromatic carbocycles. The van der Waals surface area contributed by atoms with Crippen LogP contribution in [0.5, 0.6) is 11.5 Å². The summed E-state index contributed by atoms with van der Waals surface area (Å²) >= 11 is 0. The Bertz CT molecular complexity index is 1770. The molecule has 9 nitrogen and oxygen atoms in total. The second-order valence-electron chi connectivity index (χ2n) is 12.3. The Morgan fingerprint density at radius 3 is 2.47 bits per heavy atom. The van der Waals surface area contributed by atoms with Gasteiger partial charge >= 0.3 is 5.97 Å². The smallest absolute Gasteiger partial charge is 0.329 e. The Labute approximate surface area is 262 Å². The van der Waals surface area contributed by atoms with E-state index in [0.29, 0.717) is 35.9 Å². The molecule has 3 N–H and O–H groups in total. The molecule has 234 valence electrons. The fourth-order valence-electron chi connectivity index (χ4n) is 6.85. The third kappa shape index (κ3) is 5.99. The molecule has 0 spiro atoms. The molecule has 1 fully saturated rings. The van der Waals surface area contributed by atoms with Crippen molar-refractivity contribution in [2.75, 3.05) is 19.0 Å². The maximum absolute atomic E-state index is 13.7. The van der Waals surface area contributed by atoms with Crippen LogP contribution in [0.1, 0.15) is 73.4 Å². The van der Waals surface area contributed by atoms with Crippen molar-refractivity contribution in [1.29, 1.82) is 0 Å². The second kappa shape index (κ2) is 12.3. The molecule has 2 aliphatic rings. The van der Waals surface area contributed by atoms with Gasteiger partial charge < -0.3 is 29.8 Å². The number of fused-ring (bicyclic) bond motifs is 5. The van der Waals surface area contributed by atoms with E-state index in [1.165, 1.54) is 38.7 Å². The number of carbonyl (C=O) groups excluding carboxylic acids is 2.